The summed E-state index contributed by atoms with van der Waals surface area (Å²) in [5, 5.41) is 0. The molecule has 0 saturated carbocycles. The van der Waals surface area contributed by atoms with Gasteiger partial charge in [0.25, 0.3) is 0 Å². The first-order valence-electron chi connectivity index (χ1n) is 12.0. The van der Waals surface area contributed by atoms with E-state index in [2.05, 4.69) is 96.7 Å². The fraction of sp³-hybridized carbons (Fsp3) is 0.387. The summed E-state index contributed by atoms with van der Waals surface area (Å²) < 4.78 is 5.15. The van der Waals surface area contributed by atoms with Gasteiger partial charge in [-0.25, -0.2) is 4.79 Å². The summed E-state index contributed by atoms with van der Waals surface area (Å²) in [6.07, 6.45) is 0. The van der Waals surface area contributed by atoms with Crippen molar-refractivity contribution in [1.29, 1.82) is 0 Å². The number of hydrogen-bond donors (Lipinski definition) is 0. The lowest BCUT2D eigenvalue weighted by atomic mass is 9.70. The summed E-state index contributed by atoms with van der Waals surface area (Å²) in [5.41, 5.74) is 8.59. The zero-order chi connectivity index (χ0) is 25.1. The molecule has 0 radical (unpaired) electrons. The highest BCUT2D eigenvalue weighted by atomic mass is 16.5. The Balaban J connectivity index is 2.08. The summed E-state index contributed by atoms with van der Waals surface area (Å²) >= 11 is 0. The van der Waals surface area contributed by atoms with Gasteiger partial charge in [0, 0.05) is 5.41 Å². The van der Waals surface area contributed by atoms with Crippen LogP contribution in [0.1, 0.15) is 88.0 Å². The molecule has 3 nitrogen and oxygen atoms in total. The molecular formula is C31H37NO2. The van der Waals surface area contributed by atoms with E-state index >= 15 is 0 Å². The Morgan fingerprint density at radius 1 is 0.735 bits per heavy atom. The van der Waals surface area contributed by atoms with Crippen molar-refractivity contribution in [2.75, 3.05) is 12.0 Å². The van der Waals surface area contributed by atoms with Gasteiger partial charge in [-0.3, -0.25) is 0 Å². The average Bonchev–Trinajstić information content (AvgIpc) is 2.77. The van der Waals surface area contributed by atoms with Crippen molar-refractivity contribution in [3.8, 4) is 0 Å². The molecule has 1 heterocycles. The second-order valence-corrected chi connectivity index (χ2v) is 11.9. The quantitative estimate of drug-likeness (QED) is 0.365. The van der Waals surface area contributed by atoms with Crippen molar-refractivity contribution >= 4 is 23.0 Å². The van der Waals surface area contributed by atoms with E-state index in [1.54, 1.807) is 0 Å². The van der Waals surface area contributed by atoms with Crippen molar-refractivity contribution in [2.45, 2.75) is 71.6 Å². The lowest BCUT2D eigenvalue weighted by Gasteiger charge is -2.43. The number of nitrogens with zero attached hydrogens (tertiary/aromatic N) is 1. The van der Waals surface area contributed by atoms with Gasteiger partial charge < -0.3 is 9.64 Å². The molecule has 0 aliphatic carbocycles. The third-order valence-corrected chi connectivity index (χ3v) is 7.10. The Morgan fingerprint density at radius 3 is 1.65 bits per heavy atom. The summed E-state index contributed by atoms with van der Waals surface area (Å²) in [4.78, 5) is 15.0. The maximum absolute atomic E-state index is 12.8. The van der Waals surface area contributed by atoms with Crippen molar-refractivity contribution in [3.63, 3.8) is 0 Å². The molecule has 0 fully saturated rings. The third-order valence-electron chi connectivity index (χ3n) is 7.10. The number of esters is 1. The Labute approximate surface area is 204 Å². The highest BCUT2D eigenvalue weighted by Crippen LogP contribution is 2.53. The molecule has 1 aliphatic heterocycles. The normalized spacial score (nSPS) is 14.9. The Kier molecular flexibility index (Phi) is 5.67. The number of fused-ring (bicyclic) bond motifs is 2. The van der Waals surface area contributed by atoms with Gasteiger partial charge in [-0.05, 0) is 57.3 Å². The van der Waals surface area contributed by atoms with E-state index in [1.807, 2.05) is 24.3 Å². The molecule has 0 saturated heterocycles. The molecule has 0 unspecified atom stereocenters. The monoisotopic (exact) mass is 455 g/mol. The Bertz CT molecular complexity index is 1190. The number of carbonyl (C=O) groups excluding carboxylic acids is 1. The number of rotatable bonds is 2. The maximum Gasteiger partial charge on any atom is 0.339 e. The minimum atomic E-state index is -0.332. The maximum atomic E-state index is 12.8. The summed E-state index contributed by atoms with van der Waals surface area (Å²) in [6, 6.07) is 21.3. The molecule has 1 aliphatic rings. The summed E-state index contributed by atoms with van der Waals surface area (Å²) in [5.74, 6) is -0.332. The number of para-hydroxylation sites is 1. The molecule has 0 spiro atoms. The molecule has 0 amide bonds. The van der Waals surface area contributed by atoms with E-state index in [4.69, 9.17) is 4.74 Å². The number of benzene rings is 3. The van der Waals surface area contributed by atoms with Gasteiger partial charge in [0.05, 0.1) is 29.7 Å². The molecule has 0 aromatic heterocycles. The number of ether oxygens (including phenoxy) is 1. The van der Waals surface area contributed by atoms with Crippen molar-refractivity contribution in [2.24, 2.45) is 0 Å². The van der Waals surface area contributed by atoms with Crippen LogP contribution in [0.4, 0.5) is 17.1 Å². The van der Waals surface area contributed by atoms with Crippen LogP contribution in [0.15, 0.2) is 60.7 Å². The highest BCUT2D eigenvalue weighted by molar-refractivity contribution is 6.00. The van der Waals surface area contributed by atoms with Crippen molar-refractivity contribution in [3.05, 3.63) is 88.5 Å². The first-order valence-corrected chi connectivity index (χ1v) is 12.0. The van der Waals surface area contributed by atoms with Crippen LogP contribution in [0, 0.1) is 0 Å². The zero-order valence-electron chi connectivity index (χ0n) is 22.0. The van der Waals surface area contributed by atoms with Crippen molar-refractivity contribution in [1.82, 2.24) is 0 Å². The van der Waals surface area contributed by atoms with Crippen LogP contribution in [0.3, 0.4) is 0 Å². The Hall–Kier alpha value is -3.07. The van der Waals surface area contributed by atoms with Crippen LogP contribution in [0.25, 0.3) is 0 Å². The third kappa shape index (κ3) is 3.91. The lowest BCUT2D eigenvalue weighted by molar-refractivity contribution is 0.0601. The molecule has 0 bridgehead atoms. The van der Waals surface area contributed by atoms with Crippen LogP contribution in [-0.4, -0.2) is 13.1 Å². The first kappa shape index (κ1) is 24.1. The molecule has 0 atom stereocenters. The molecular weight excluding hydrogens is 418 g/mol. The van der Waals surface area contributed by atoms with Crippen LogP contribution < -0.4 is 4.90 Å². The standard InChI is InChI=1S/C31H37NO2/c1-29(2,3)20-14-16-26-23(18-20)31(7,8)24-19-21(30(4,5)6)15-17-27(24)32(26)25-13-11-10-12-22(25)28(33)34-9/h10-19H,1-9H3. The van der Waals surface area contributed by atoms with Gasteiger partial charge in [-0.1, -0.05) is 91.8 Å². The van der Waals surface area contributed by atoms with Crippen LogP contribution in [0.5, 0.6) is 0 Å². The van der Waals surface area contributed by atoms with Gasteiger partial charge >= 0.3 is 5.97 Å². The van der Waals surface area contributed by atoms with E-state index < -0.39 is 0 Å². The number of hydrogen-bond acceptors (Lipinski definition) is 3. The zero-order valence-corrected chi connectivity index (χ0v) is 22.0. The summed E-state index contributed by atoms with van der Waals surface area (Å²) in [6.45, 7) is 18.1. The molecule has 4 rings (SSSR count). The number of methoxy groups -OCH3 is 1. The topological polar surface area (TPSA) is 29.5 Å². The Morgan fingerprint density at radius 2 is 1.21 bits per heavy atom. The van der Waals surface area contributed by atoms with Gasteiger partial charge in [0.1, 0.15) is 0 Å². The number of anilines is 3. The molecule has 3 aromatic rings. The predicted molar refractivity (Wildman–Crippen MR) is 142 cm³/mol. The average molecular weight is 456 g/mol. The van der Waals surface area contributed by atoms with Crippen molar-refractivity contribution < 1.29 is 9.53 Å². The van der Waals surface area contributed by atoms with Crippen LogP contribution in [-0.2, 0) is 21.0 Å². The predicted octanol–water partition coefficient (Wildman–Crippen LogP) is 8.18. The lowest BCUT2D eigenvalue weighted by Crippen LogP contribution is -2.32. The molecule has 3 aromatic carbocycles. The highest BCUT2D eigenvalue weighted by Gasteiger charge is 2.39. The minimum absolute atomic E-state index is 0.0351. The van der Waals surface area contributed by atoms with E-state index in [0.29, 0.717) is 5.56 Å². The molecule has 34 heavy (non-hydrogen) atoms. The molecule has 0 N–H and O–H groups in total. The minimum Gasteiger partial charge on any atom is -0.465 e. The van der Waals surface area contributed by atoms with Gasteiger partial charge in [0.15, 0.2) is 0 Å². The van der Waals surface area contributed by atoms with E-state index in [9.17, 15) is 4.79 Å². The van der Waals surface area contributed by atoms with Crippen LogP contribution >= 0.6 is 0 Å². The van der Waals surface area contributed by atoms with Gasteiger partial charge in [0.2, 0.25) is 0 Å². The number of carbonyl (C=O) groups is 1. The second-order valence-electron chi connectivity index (χ2n) is 11.9. The van der Waals surface area contributed by atoms with E-state index in [1.165, 1.54) is 29.4 Å². The summed E-state index contributed by atoms with van der Waals surface area (Å²) in [7, 11) is 1.44. The molecule has 3 heteroatoms. The van der Waals surface area contributed by atoms with Gasteiger partial charge in [-0.15, -0.1) is 0 Å². The molecule has 178 valence electrons. The first-order chi connectivity index (χ1) is 15.8. The van der Waals surface area contributed by atoms with Crippen LogP contribution in [0.2, 0.25) is 0 Å². The largest absolute Gasteiger partial charge is 0.465 e. The fourth-order valence-electron chi connectivity index (χ4n) is 4.88. The van der Waals surface area contributed by atoms with Gasteiger partial charge in [-0.2, -0.15) is 0 Å². The van der Waals surface area contributed by atoms with E-state index in [0.717, 1.165) is 17.1 Å². The second kappa shape index (κ2) is 8.01. The van der Waals surface area contributed by atoms with E-state index in [-0.39, 0.29) is 22.2 Å². The smallest absolute Gasteiger partial charge is 0.339 e. The fourth-order valence-corrected chi connectivity index (χ4v) is 4.88. The SMILES string of the molecule is COC(=O)c1ccccc1N1c2ccc(C(C)(C)C)cc2C(C)(C)c2cc(C(C)(C)C)ccc21.